The van der Waals surface area contributed by atoms with Crippen molar-refractivity contribution in [2.75, 3.05) is 7.11 Å². The molecule has 1 nitrogen and oxygen atoms in total. The number of ether oxygens (including phenoxy) is 1. The van der Waals surface area contributed by atoms with Crippen LogP contribution in [-0.2, 0) is 4.74 Å². The highest BCUT2D eigenvalue weighted by Gasteiger charge is 2.33. The van der Waals surface area contributed by atoms with Crippen LogP contribution in [0.25, 0.3) is 0 Å². The number of hydrogen-bond acceptors (Lipinski definition) is 1. The first-order valence-corrected chi connectivity index (χ1v) is 5.08. The summed E-state index contributed by atoms with van der Waals surface area (Å²) in [6.07, 6.45) is 5.87. The molecular weight excluding hydrogens is 148 g/mol. The lowest BCUT2D eigenvalue weighted by molar-refractivity contribution is -0.0217. The van der Waals surface area contributed by atoms with E-state index in [9.17, 15) is 0 Å². The molecule has 0 aromatic heterocycles. The molecule has 0 saturated heterocycles. The number of methoxy groups -OCH3 is 1. The lowest BCUT2D eigenvalue weighted by Crippen LogP contribution is -2.35. The van der Waals surface area contributed by atoms with Crippen molar-refractivity contribution < 1.29 is 4.74 Å². The summed E-state index contributed by atoms with van der Waals surface area (Å²) in [7, 11) is 1.86. The van der Waals surface area contributed by atoms with Gasteiger partial charge in [-0.2, -0.15) is 0 Å². The van der Waals surface area contributed by atoms with Crippen molar-refractivity contribution in [2.24, 2.45) is 11.3 Å². The molecular formula is C11H22O. The maximum Gasteiger partial charge on any atom is 0.0604 e. The highest BCUT2D eigenvalue weighted by molar-refractivity contribution is 4.84. The van der Waals surface area contributed by atoms with Gasteiger partial charge >= 0.3 is 0 Å². The first-order valence-electron chi connectivity index (χ1n) is 5.08. The Morgan fingerprint density at radius 1 is 1.08 bits per heavy atom. The Morgan fingerprint density at radius 3 is 2.08 bits per heavy atom. The Hall–Kier alpha value is -0.0400. The van der Waals surface area contributed by atoms with Crippen molar-refractivity contribution in [3.63, 3.8) is 0 Å². The normalized spacial score (nSPS) is 32.0. The second-order valence-corrected chi connectivity index (χ2v) is 5.03. The zero-order chi connectivity index (χ0) is 9.19. The van der Waals surface area contributed by atoms with Crippen molar-refractivity contribution in [1.29, 1.82) is 0 Å². The molecule has 12 heavy (non-hydrogen) atoms. The van der Waals surface area contributed by atoms with Crippen molar-refractivity contribution in [1.82, 2.24) is 0 Å². The maximum atomic E-state index is 5.53. The van der Waals surface area contributed by atoms with Gasteiger partial charge in [-0.25, -0.2) is 0 Å². The van der Waals surface area contributed by atoms with Gasteiger partial charge in [-0.05, 0) is 24.2 Å². The molecule has 0 radical (unpaired) electrons. The van der Waals surface area contributed by atoms with Crippen molar-refractivity contribution in [2.45, 2.75) is 52.6 Å². The lowest BCUT2D eigenvalue weighted by atomic mass is 9.71. The van der Waals surface area contributed by atoms with E-state index in [-0.39, 0.29) is 0 Å². The van der Waals surface area contributed by atoms with Gasteiger partial charge in [0.1, 0.15) is 0 Å². The van der Waals surface area contributed by atoms with Gasteiger partial charge in [0.15, 0.2) is 0 Å². The molecule has 0 bridgehead atoms. The summed E-state index contributed by atoms with van der Waals surface area (Å²) in [5.74, 6) is 0.760. The van der Waals surface area contributed by atoms with Crippen molar-refractivity contribution >= 4 is 0 Å². The van der Waals surface area contributed by atoms with Crippen LogP contribution in [0.4, 0.5) is 0 Å². The molecule has 0 spiro atoms. The minimum atomic E-state index is 0.418. The summed E-state index contributed by atoms with van der Waals surface area (Å²) in [6.45, 7) is 6.99. The third-order valence-electron chi connectivity index (χ3n) is 3.12. The predicted octanol–water partition coefficient (Wildman–Crippen LogP) is 3.24. The fraction of sp³-hybridized carbons (Fsp3) is 1.00. The van der Waals surface area contributed by atoms with Crippen molar-refractivity contribution in [3.8, 4) is 0 Å². The zero-order valence-corrected chi connectivity index (χ0v) is 8.89. The van der Waals surface area contributed by atoms with E-state index in [0.29, 0.717) is 11.5 Å². The smallest absolute Gasteiger partial charge is 0.0604 e. The van der Waals surface area contributed by atoms with Gasteiger partial charge in [0.2, 0.25) is 0 Å². The first-order chi connectivity index (χ1) is 5.55. The molecule has 0 heterocycles. The van der Waals surface area contributed by atoms with Gasteiger partial charge < -0.3 is 4.74 Å². The fourth-order valence-corrected chi connectivity index (χ4v) is 2.37. The molecule has 1 heteroatoms. The van der Waals surface area contributed by atoms with Crippen LogP contribution in [0.15, 0.2) is 0 Å². The molecule has 0 unspecified atom stereocenters. The molecule has 0 amide bonds. The summed E-state index contributed by atoms with van der Waals surface area (Å²) in [5, 5.41) is 0. The van der Waals surface area contributed by atoms with E-state index in [1.807, 2.05) is 7.11 Å². The molecule has 1 fully saturated rings. The van der Waals surface area contributed by atoms with Crippen LogP contribution in [0, 0.1) is 11.3 Å². The maximum absolute atomic E-state index is 5.53. The third-order valence-corrected chi connectivity index (χ3v) is 3.12. The minimum absolute atomic E-state index is 0.418. The Balaban J connectivity index is 2.59. The monoisotopic (exact) mass is 170 g/mol. The lowest BCUT2D eigenvalue weighted by Gasteiger charge is -2.39. The van der Waals surface area contributed by atoms with Crippen molar-refractivity contribution in [3.05, 3.63) is 0 Å². The standard InChI is InChI=1S/C11H22O/c1-11(2,3)9-7-5-6-8-10(9)12-4/h9-10H,5-8H2,1-4H3/t9-,10+/m1/s1. The van der Waals surface area contributed by atoms with Crippen LogP contribution >= 0.6 is 0 Å². The van der Waals surface area contributed by atoms with E-state index >= 15 is 0 Å². The van der Waals surface area contributed by atoms with Crippen LogP contribution in [-0.4, -0.2) is 13.2 Å². The second-order valence-electron chi connectivity index (χ2n) is 5.03. The molecule has 2 atom stereocenters. The van der Waals surface area contributed by atoms with E-state index in [0.717, 1.165) is 5.92 Å². The van der Waals surface area contributed by atoms with Gasteiger partial charge in [-0.15, -0.1) is 0 Å². The quantitative estimate of drug-likeness (QED) is 0.587. The van der Waals surface area contributed by atoms with Gasteiger partial charge in [0.05, 0.1) is 6.10 Å². The third kappa shape index (κ3) is 2.22. The second kappa shape index (κ2) is 3.78. The van der Waals surface area contributed by atoms with Crippen LogP contribution in [0.1, 0.15) is 46.5 Å². The van der Waals surface area contributed by atoms with E-state index < -0.39 is 0 Å². The van der Waals surface area contributed by atoms with E-state index in [4.69, 9.17) is 4.74 Å². The molecule has 72 valence electrons. The summed E-state index contributed by atoms with van der Waals surface area (Å²) >= 11 is 0. The topological polar surface area (TPSA) is 9.23 Å². The predicted molar refractivity (Wildman–Crippen MR) is 52.2 cm³/mol. The molecule has 1 aliphatic rings. The van der Waals surface area contributed by atoms with Gasteiger partial charge in [0.25, 0.3) is 0 Å². The average molecular weight is 170 g/mol. The summed E-state index contributed by atoms with van der Waals surface area (Å²) in [5.41, 5.74) is 0.418. The van der Waals surface area contributed by atoms with E-state index in [2.05, 4.69) is 20.8 Å². The van der Waals surface area contributed by atoms with E-state index in [1.165, 1.54) is 25.7 Å². The van der Waals surface area contributed by atoms with Crippen LogP contribution < -0.4 is 0 Å². The Kier molecular flexibility index (Phi) is 3.16. The summed E-state index contributed by atoms with van der Waals surface area (Å²) < 4.78 is 5.53. The highest BCUT2D eigenvalue weighted by atomic mass is 16.5. The summed E-state index contributed by atoms with van der Waals surface area (Å²) in [4.78, 5) is 0. The Labute approximate surface area is 76.5 Å². The van der Waals surface area contributed by atoms with Crippen LogP contribution in [0.5, 0.6) is 0 Å². The number of rotatable bonds is 1. The molecule has 1 rings (SSSR count). The van der Waals surface area contributed by atoms with Gasteiger partial charge in [-0.3, -0.25) is 0 Å². The summed E-state index contributed by atoms with van der Waals surface area (Å²) in [6, 6.07) is 0. The molecule has 0 aromatic carbocycles. The van der Waals surface area contributed by atoms with Gasteiger partial charge in [0, 0.05) is 7.11 Å². The minimum Gasteiger partial charge on any atom is -0.381 e. The van der Waals surface area contributed by atoms with E-state index in [1.54, 1.807) is 0 Å². The molecule has 0 aliphatic heterocycles. The fourth-order valence-electron chi connectivity index (χ4n) is 2.37. The largest absolute Gasteiger partial charge is 0.381 e. The van der Waals surface area contributed by atoms with Crippen LogP contribution in [0.3, 0.4) is 0 Å². The molecule has 1 aliphatic carbocycles. The SMILES string of the molecule is CO[C@H]1CCCC[C@H]1C(C)(C)C. The molecule has 0 aromatic rings. The first kappa shape index (κ1) is 10.0. The van der Waals surface area contributed by atoms with Gasteiger partial charge in [-0.1, -0.05) is 33.6 Å². The Morgan fingerprint density at radius 2 is 1.67 bits per heavy atom. The Bertz CT molecular complexity index is 134. The zero-order valence-electron chi connectivity index (χ0n) is 8.89. The molecule has 1 saturated carbocycles. The highest BCUT2D eigenvalue weighted by Crippen LogP contribution is 2.38. The average Bonchev–Trinajstić information content (AvgIpc) is 2.03. The number of hydrogen-bond donors (Lipinski definition) is 0. The molecule has 0 N–H and O–H groups in total. The van der Waals surface area contributed by atoms with Crippen LogP contribution in [0.2, 0.25) is 0 Å².